The largest absolute Gasteiger partial charge is 0.368 e. The number of aryl methyl sites for hydroxylation is 1. The standard InChI is InChI=1S/C13H12BrFN2OS/c1-7-8(14)6-11(19-7)12(13(16)18)17-10-5-3-2-4-9(10)15/h2-6,12,17H,1H3,(H2,16,18). The van der Waals surface area contributed by atoms with Crippen molar-refractivity contribution in [1.29, 1.82) is 0 Å². The lowest BCUT2D eigenvalue weighted by Crippen LogP contribution is -2.27. The zero-order valence-corrected chi connectivity index (χ0v) is 12.5. The average molecular weight is 343 g/mol. The van der Waals surface area contributed by atoms with Crippen molar-refractivity contribution in [3.05, 3.63) is 50.4 Å². The summed E-state index contributed by atoms with van der Waals surface area (Å²) in [5.41, 5.74) is 5.65. The van der Waals surface area contributed by atoms with Gasteiger partial charge in [-0.2, -0.15) is 0 Å². The number of carbonyl (C=O) groups is 1. The fraction of sp³-hybridized carbons (Fsp3) is 0.154. The van der Waals surface area contributed by atoms with Crippen LogP contribution in [0.1, 0.15) is 15.8 Å². The van der Waals surface area contributed by atoms with Crippen LogP contribution in [0.4, 0.5) is 10.1 Å². The van der Waals surface area contributed by atoms with E-state index in [9.17, 15) is 9.18 Å². The van der Waals surface area contributed by atoms with Crippen molar-refractivity contribution in [2.24, 2.45) is 5.73 Å². The molecule has 0 bridgehead atoms. The van der Waals surface area contributed by atoms with E-state index in [4.69, 9.17) is 5.73 Å². The van der Waals surface area contributed by atoms with Gasteiger partial charge in [-0.15, -0.1) is 11.3 Å². The number of amides is 1. The van der Waals surface area contributed by atoms with Crippen LogP contribution in [0, 0.1) is 12.7 Å². The van der Waals surface area contributed by atoms with Crippen LogP contribution in [0.5, 0.6) is 0 Å². The maximum Gasteiger partial charge on any atom is 0.245 e. The summed E-state index contributed by atoms with van der Waals surface area (Å²) in [6, 6.07) is 7.26. The second-order valence-electron chi connectivity index (χ2n) is 4.01. The highest BCUT2D eigenvalue weighted by Gasteiger charge is 2.21. The first-order valence-electron chi connectivity index (χ1n) is 5.55. The number of carbonyl (C=O) groups excluding carboxylic acids is 1. The summed E-state index contributed by atoms with van der Waals surface area (Å²) in [5, 5.41) is 2.84. The first kappa shape index (κ1) is 14.0. The van der Waals surface area contributed by atoms with Gasteiger partial charge >= 0.3 is 0 Å². The number of halogens is 2. The smallest absolute Gasteiger partial charge is 0.245 e. The van der Waals surface area contributed by atoms with E-state index < -0.39 is 17.8 Å². The molecule has 3 nitrogen and oxygen atoms in total. The number of rotatable bonds is 4. The van der Waals surface area contributed by atoms with Crippen LogP contribution < -0.4 is 11.1 Å². The Morgan fingerprint density at radius 2 is 2.16 bits per heavy atom. The molecule has 2 aromatic rings. The number of hydrogen-bond acceptors (Lipinski definition) is 3. The molecule has 6 heteroatoms. The molecule has 0 aliphatic heterocycles. The lowest BCUT2D eigenvalue weighted by atomic mass is 10.2. The lowest BCUT2D eigenvalue weighted by Gasteiger charge is -2.15. The Hall–Kier alpha value is -1.40. The Labute approximate surface area is 122 Å². The average Bonchev–Trinajstić information content (AvgIpc) is 2.68. The van der Waals surface area contributed by atoms with Gasteiger partial charge in [0.1, 0.15) is 11.9 Å². The first-order valence-corrected chi connectivity index (χ1v) is 7.16. The summed E-state index contributed by atoms with van der Waals surface area (Å²) in [6.07, 6.45) is 0. The number of benzene rings is 1. The molecule has 100 valence electrons. The number of nitrogens with two attached hydrogens (primary N) is 1. The summed E-state index contributed by atoms with van der Waals surface area (Å²) in [5.74, 6) is -0.960. The molecule has 0 saturated heterocycles. The van der Waals surface area contributed by atoms with Crippen LogP contribution >= 0.6 is 27.3 Å². The molecule has 0 saturated carbocycles. The Balaban J connectivity index is 2.32. The van der Waals surface area contributed by atoms with Crippen molar-refractivity contribution in [2.45, 2.75) is 13.0 Å². The number of hydrogen-bond donors (Lipinski definition) is 2. The van der Waals surface area contributed by atoms with E-state index in [0.29, 0.717) is 0 Å². The SMILES string of the molecule is Cc1sc(C(Nc2ccccc2F)C(N)=O)cc1Br. The van der Waals surface area contributed by atoms with Gasteiger partial charge in [-0.3, -0.25) is 4.79 Å². The fourth-order valence-electron chi connectivity index (χ4n) is 1.64. The first-order chi connectivity index (χ1) is 8.99. The van der Waals surface area contributed by atoms with E-state index in [2.05, 4.69) is 21.2 Å². The van der Waals surface area contributed by atoms with Crippen LogP contribution in [-0.4, -0.2) is 5.91 Å². The van der Waals surface area contributed by atoms with Gasteiger partial charge in [0.05, 0.1) is 5.69 Å². The van der Waals surface area contributed by atoms with Crippen molar-refractivity contribution < 1.29 is 9.18 Å². The summed E-state index contributed by atoms with van der Waals surface area (Å²) in [7, 11) is 0. The second-order valence-corrected chi connectivity index (χ2v) is 6.15. The molecule has 0 spiro atoms. The number of thiophene rings is 1. The highest BCUT2D eigenvalue weighted by molar-refractivity contribution is 9.10. The zero-order valence-electron chi connectivity index (χ0n) is 10.1. The maximum atomic E-state index is 13.6. The molecule has 0 aliphatic rings. The van der Waals surface area contributed by atoms with Crippen molar-refractivity contribution in [3.8, 4) is 0 Å². The van der Waals surface area contributed by atoms with Crippen LogP contribution in [0.2, 0.25) is 0 Å². The summed E-state index contributed by atoms with van der Waals surface area (Å²) < 4.78 is 14.5. The number of nitrogens with one attached hydrogen (secondary N) is 1. The molecule has 19 heavy (non-hydrogen) atoms. The topological polar surface area (TPSA) is 55.1 Å². The van der Waals surface area contributed by atoms with Gasteiger partial charge in [-0.05, 0) is 41.1 Å². The Kier molecular flexibility index (Phi) is 4.21. The summed E-state index contributed by atoms with van der Waals surface area (Å²) in [4.78, 5) is 13.4. The van der Waals surface area contributed by atoms with Crippen LogP contribution in [0.25, 0.3) is 0 Å². The highest BCUT2D eigenvalue weighted by atomic mass is 79.9. The van der Waals surface area contributed by atoms with E-state index in [1.54, 1.807) is 18.2 Å². The molecule has 1 aromatic heterocycles. The minimum absolute atomic E-state index is 0.258. The quantitative estimate of drug-likeness (QED) is 0.891. The van der Waals surface area contributed by atoms with Gasteiger partial charge in [-0.1, -0.05) is 12.1 Å². The third-order valence-corrected chi connectivity index (χ3v) is 4.82. The predicted octanol–water partition coefficient (Wildman–Crippen LogP) is 3.60. The highest BCUT2D eigenvalue weighted by Crippen LogP contribution is 2.32. The summed E-state index contributed by atoms with van der Waals surface area (Å²) in [6.45, 7) is 1.93. The minimum Gasteiger partial charge on any atom is -0.368 e. The second kappa shape index (κ2) is 5.71. The van der Waals surface area contributed by atoms with Gasteiger partial charge in [0.25, 0.3) is 0 Å². The van der Waals surface area contributed by atoms with Crippen LogP contribution in [0.15, 0.2) is 34.8 Å². The maximum absolute atomic E-state index is 13.6. The monoisotopic (exact) mass is 342 g/mol. The van der Waals surface area contributed by atoms with Gasteiger partial charge in [0, 0.05) is 14.2 Å². The third kappa shape index (κ3) is 3.13. The third-order valence-electron chi connectivity index (χ3n) is 2.62. The van der Waals surface area contributed by atoms with Gasteiger partial charge < -0.3 is 11.1 Å². The Morgan fingerprint density at radius 3 is 2.68 bits per heavy atom. The number of primary amides is 1. The molecule has 2 rings (SSSR count). The molecule has 0 radical (unpaired) electrons. The molecule has 1 atom stereocenters. The fourth-order valence-corrected chi connectivity index (χ4v) is 3.26. The van der Waals surface area contributed by atoms with Crippen molar-refractivity contribution in [1.82, 2.24) is 0 Å². The van der Waals surface area contributed by atoms with Crippen molar-refractivity contribution in [2.75, 3.05) is 5.32 Å². The molecule has 1 heterocycles. The number of anilines is 1. The Bertz CT molecular complexity index is 595. The van der Waals surface area contributed by atoms with E-state index >= 15 is 0 Å². The van der Waals surface area contributed by atoms with Gasteiger partial charge in [0.15, 0.2) is 0 Å². The molecule has 1 aromatic carbocycles. The van der Waals surface area contributed by atoms with Crippen molar-refractivity contribution in [3.63, 3.8) is 0 Å². The summed E-state index contributed by atoms with van der Waals surface area (Å²) >= 11 is 4.83. The van der Waals surface area contributed by atoms with E-state index in [0.717, 1.165) is 14.2 Å². The molecular weight excluding hydrogens is 331 g/mol. The van der Waals surface area contributed by atoms with E-state index in [-0.39, 0.29) is 5.69 Å². The van der Waals surface area contributed by atoms with Crippen LogP contribution in [0.3, 0.4) is 0 Å². The zero-order chi connectivity index (χ0) is 14.0. The van der Waals surface area contributed by atoms with Crippen LogP contribution in [-0.2, 0) is 4.79 Å². The van der Waals surface area contributed by atoms with Gasteiger partial charge in [-0.25, -0.2) is 4.39 Å². The molecule has 1 amide bonds. The predicted molar refractivity (Wildman–Crippen MR) is 78.7 cm³/mol. The van der Waals surface area contributed by atoms with Crippen molar-refractivity contribution >= 4 is 38.9 Å². The molecule has 0 fully saturated rings. The molecular formula is C13H12BrFN2OS. The van der Waals surface area contributed by atoms with Gasteiger partial charge in [0.2, 0.25) is 5.91 Å². The Morgan fingerprint density at radius 1 is 1.47 bits per heavy atom. The van der Waals surface area contributed by atoms with E-state index in [1.165, 1.54) is 17.4 Å². The molecule has 0 aliphatic carbocycles. The minimum atomic E-state index is -0.744. The number of para-hydroxylation sites is 1. The molecule has 3 N–H and O–H groups in total. The normalized spacial score (nSPS) is 12.2. The molecule has 1 unspecified atom stereocenters. The lowest BCUT2D eigenvalue weighted by molar-refractivity contribution is -0.118. The van der Waals surface area contributed by atoms with E-state index in [1.807, 2.05) is 13.0 Å².